The predicted octanol–water partition coefficient (Wildman–Crippen LogP) is 1.40. The first-order valence-corrected chi connectivity index (χ1v) is 5.21. The van der Waals surface area contributed by atoms with Crippen LogP contribution in [0.1, 0.15) is 26.8 Å². The third-order valence-electron chi connectivity index (χ3n) is 2.51. The number of hydrogen-bond acceptors (Lipinski definition) is 3. The summed E-state index contributed by atoms with van der Waals surface area (Å²) in [7, 11) is 0. The van der Waals surface area contributed by atoms with Gasteiger partial charge in [0.2, 0.25) is 5.91 Å². The van der Waals surface area contributed by atoms with Crippen molar-refractivity contribution >= 4 is 23.3 Å². The van der Waals surface area contributed by atoms with Crippen molar-refractivity contribution in [3.05, 3.63) is 39.2 Å². The predicted molar refractivity (Wildman–Crippen MR) is 55.8 cm³/mol. The molecule has 14 heavy (non-hydrogen) atoms. The van der Waals surface area contributed by atoms with E-state index in [1.807, 2.05) is 17.5 Å². The van der Waals surface area contributed by atoms with Crippen molar-refractivity contribution in [1.82, 2.24) is 5.32 Å². The Labute approximate surface area is 84.9 Å². The highest BCUT2D eigenvalue weighted by Gasteiger charge is 2.27. The number of carbonyl (C=O) groups is 1. The first-order valence-electron chi connectivity index (χ1n) is 4.33. The summed E-state index contributed by atoms with van der Waals surface area (Å²) < 4.78 is 0. The van der Waals surface area contributed by atoms with E-state index in [-0.39, 0.29) is 11.9 Å². The van der Waals surface area contributed by atoms with Crippen molar-refractivity contribution in [1.29, 1.82) is 0 Å². The van der Waals surface area contributed by atoms with Gasteiger partial charge in [-0.3, -0.25) is 4.79 Å². The van der Waals surface area contributed by atoms with Crippen LogP contribution in [-0.4, -0.2) is 5.91 Å². The molecule has 2 aliphatic rings. The summed E-state index contributed by atoms with van der Waals surface area (Å²) in [5.41, 5.74) is 8.09. The summed E-state index contributed by atoms with van der Waals surface area (Å²) in [5.74, 6) is -0.346. The number of thiophene rings is 1. The molecule has 0 fully saturated rings. The fourth-order valence-corrected chi connectivity index (χ4v) is 2.93. The third kappa shape index (κ3) is 0.886. The highest BCUT2D eigenvalue weighted by Crippen LogP contribution is 2.37. The molecule has 3 N–H and O–H groups in total. The molecule has 0 aliphatic carbocycles. The van der Waals surface area contributed by atoms with E-state index in [4.69, 9.17) is 5.73 Å². The first-order chi connectivity index (χ1) is 6.75. The highest BCUT2D eigenvalue weighted by atomic mass is 32.1. The molecule has 0 spiro atoms. The number of hydrogen-bond donors (Lipinski definition) is 2. The SMILES string of the molecule is NC(=O)c1csc2c1C1C=CC(=C2)N1. The van der Waals surface area contributed by atoms with Gasteiger partial charge in [-0.2, -0.15) is 0 Å². The minimum absolute atomic E-state index is 0.138. The lowest BCUT2D eigenvalue weighted by molar-refractivity contribution is 0.0999. The molecule has 0 saturated heterocycles. The molecule has 0 saturated carbocycles. The van der Waals surface area contributed by atoms with Gasteiger partial charge in [0.15, 0.2) is 0 Å². The fraction of sp³-hybridized carbons (Fsp3) is 0.100. The van der Waals surface area contributed by atoms with E-state index in [1.165, 1.54) is 0 Å². The molecule has 1 amide bonds. The maximum Gasteiger partial charge on any atom is 0.249 e. The molecule has 70 valence electrons. The van der Waals surface area contributed by atoms with Crippen LogP contribution in [-0.2, 0) is 0 Å². The average Bonchev–Trinajstić information content (AvgIpc) is 2.71. The van der Waals surface area contributed by atoms with Crippen LogP contribution in [0, 0.1) is 0 Å². The van der Waals surface area contributed by atoms with Gasteiger partial charge < -0.3 is 11.1 Å². The molecule has 0 radical (unpaired) electrons. The Kier molecular flexibility index (Phi) is 1.39. The first kappa shape index (κ1) is 7.82. The lowest BCUT2D eigenvalue weighted by Crippen LogP contribution is -2.21. The van der Waals surface area contributed by atoms with Crippen LogP contribution < -0.4 is 11.1 Å². The maximum absolute atomic E-state index is 11.2. The quantitative estimate of drug-likeness (QED) is 0.726. The highest BCUT2D eigenvalue weighted by molar-refractivity contribution is 7.11. The summed E-state index contributed by atoms with van der Waals surface area (Å²) in [5, 5.41) is 5.11. The van der Waals surface area contributed by atoms with Gasteiger partial charge in [-0.15, -0.1) is 11.3 Å². The summed E-state index contributed by atoms with van der Waals surface area (Å²) in [6.07, 6.45) is 6.13. The fourth-order valence-electron chi connectivity index (χ4n) is 1.88. The zero-order valence-corrected chi connectivity index (χ0v) is 8.10. The van der Waals surface area contributed by atoms with E-state index in [2.05, 4.69) is 11.4 Å². The van der Waals surface area contributed by atoms with Crippen LogP contribution in [0.4, 0.5) is 0 Å². The summed E-state index contributed by atoms with van der Waals surface area (Å²) in [6, 6.07) is 0.138. The summed E-state index contributed by atoms with van der Waals surface area (Å²) in [4.78, 5) is 12.3. The van der Waals surface area contributed by atoms with E-state index in [9.17, 15) is 4.79 Å². The van der Waals surface area contributed by atoms with Gasteiger partial charge in [0.1, 0.15) is 0 Å². The molecule has 2 bridgehead atoms. The van der Waals surface area contributed by atoms with Crippen LogP contribution >= 0.6 is 11.3 Å². The Morgan fingerprint density at radius 1 is 1.57 bits per heavy atom. The normalized spacial score (nSPS) is 21.4. The van der Waals surface area contributed by atoms with E-state index >= 15 is 0 Å². The van der Waals surface area contributed by atoms with Crippen LogP contribution in [0.2, 0.25) is 0 Å². The summed E-state index contributed by atoms with van der Waals surface area (Å²) in [6.45, 7) is 0. The van der Waals surface area contributed by atoms with Crippen molar-refractivity contribution in [3.8, 4) is 0 Å². The topological polar surface area (TPSA) is 55.1 Å². The molecule has 1 unspecified atom stereocenters. The number of nitrogens with one attached hydrogen (secondary N) is 1. The monoisotopic (exact) mass is 204 g/mol. The second-order valence-electron chi connectivity index (χ2n) is 3.37. The molecular formula is C10H8N2OS. The summed E-state index contributed by atoms with van der Waals surface area (Å²) >= 11 is 1.57. The lowest BCUT2D eigenvalue weighted by Gasteiger charge is -2.17. The number of carbonyl (C=O) groups excluding carboxylic acids is 1. The second kappa shape index (κ2) is 2.48. The molecule has 1 aromatic heterocycles. The Hall–Kier alpha value is -1.55. The van der Waals surface area contributed by atoms with Gasteiger partial charge in [0.25, 0.3) is 0 Å². The molecule has 2 aliphatic heterocycles. The smallest absolute Gasteiger partial charge is 0.249 e. The Morgan fingerprint density at radius 3 is 3.21 bits per heavy atom. The van der Waals surface area contributed by atoms with E-state index in [0.717, 1.165) is 16.1 Å². The minimum atomic E-state index is -0.346. The number of primary amides is 1. The van der Waals surface area contributed by atoms with Gasteiger partial charge in [-0.25, -0.2) is 0 Å². The molecule has 1 aromatic rings. The number of fused-ring (bicyclic) bond motifs is 4. The Bertz CT molecular complexity index is 484. The van der Waals surface area contributed by atoms with E-state index in [0.29, 0.717) is 5.56 Å². The van der Waals surface area contributed by atoms with Crippen LogP contribution in [0.15, 0.2) is 23.2 Å². The third-order valence-corrected chi connectivity index (χ3v) is 3.46. The second-order valence-corrected chi connectivity index (χ2v) is 4.28. The van der Waals surface area contributed by atoms with Crippen molar-refractivity contribution < 1.29 is 4.79 Å². The van der Waals surface area contributed by atoms with Crippen LogP contribution in [0.25, 0.3) is 6.08 Å². The van der Waals surface area contributed by atoms with Crippen molar-refractivity contribution in [2.45, 2.75) is 6.04 Å². The molecule has 3 rings (SSSR count). The Morgan fingerprint density at radius 2 is 2.43 bits per heavy atom. The van der Waals surface area contributed by atoms with Crippen molar-refractivity contribution in [3.63, 3.8) is 0 Å². The van der Waals surface area contributed by atoms with Gasteiger partial charge >= 0.3 is 0 Å². The Balaban J connectivity index is 2.25. The van der Waals surface area contributed by atoms with Crippen molar-refractivity contribution in [2.75, 3.05) is 0 Å². The van der Waals surface area contributed by atoms with Gasteiger partial charge in [0.05, 0.1) is 11.6 Å². The molecule has 4 heteroatoms. The number of nitrogens with two attached hydrogens (primary N) is 1. The van der Waals surface area contributed by atoms with Gasteiger partial charge in [0, 0.05) is 21.5 Å². The maximum atomic E-state index is 11.2. The van der Waals surface area contributed by atoms with Crippen LogP contribution in [0.5, 0.6) is 0 Å². The molecule has 1 atom stereocenters. The lowest BCUT2D eigenvalue weighted by atomic mass is 10.0. The molecule has 0 aromatic carbocycles. The standard InChI is InChI=1S/C10H8N2OS/c11-10(13)6-4-14-8-3-5-1-2-7(12-5)9(6)8/h1-4,7,12H,(H2,11,13). The zero-order valence-electron chi connectivity index (χ0n) is 7.28. The van der Waals surface area contributed by atoms with Gasteiger partial charge in [-0.1, -0.05) is 6.08 Å². The zero-order chi connectivity index (χ0) is 9.71. The van der Waals surface area contributed by atoms with Gasteiger partial charge in [-0.05, 0) is 12.2 Å². The number of rotatable bonds is 1. The molecule has 3 nitrogen and oxygen atoms in total. The van der Waals surface area contributed by atoms with E-state index in [1.54, 1.807) is 11.3 Å². The van der Waals surface area contributed by atoms with Crippen LogP contribution in [0.3, 0.4) is 0 Å². The number of amides is 1. The van der Waals surface area contributed by atoms with E-state index < -0.39 is 0 Å². The minimum Gasteiger partial charge on any atom is -0.375 e. The number of allylic oxidation sites excluding steroid dienone is 1. The van der Waals surface area contributed by atoms with Crippen molar-refractivity contribution in [2.24, 2.45) is 5.73 Å². The molecule has 3 heterocycles. The molecular weight excluding hydrogens is 196 g/mol. The average molecular weight is 204 g/mol. The largest absolute Gasteiger partial charge is 0.375 e.